The Hall–Kier alpha value is -2.47. The van der Waals surface area contributed by atoms with Crippen LogP contribution in [0.1, 0.15) is 59.8 Å². The number of unbranched alkanes of at least 4 members (excludes halogenated alkanes) is 1. The summed E-state index contributed by atoms with van der Waals surface area (Å²) in [6.07, 6.45) is 8.43. The van der Waals surface area contributed by atoms with Crippen LogP contribution in [-0.4, -0.2) is 33.8 Å². The minimum absolute atomic E-state index is 0.0988. The molecular formula is C19H25N3O3. The second kappa shape index (κ2) is 9.13. The van der Waals surface area contributed by atoms with Crippen molar-refractivity contribution in [3.05, 3.63) is 46.6 Å². The van der Waals surface area contributed by atoms with Gasteiger partial charge in [0, 0.05) is 17.8 Å². The summed E-state index contributed by atoms with van der Waals surface area (Å²) in [5.41, 5.74) is 3.16. The van der Waals surface area contributed by atoms with Crippen LogP contribution in [0.5, 0.6) is 0 Å². The number of rotatable bonds is 8. The molecule has 1 atom stereocenters. The molecule has 2 N–H and O–H groups in total. The Morgan fingerprint density at radius 2 is 2.20 bits per heavy atom. The van der Waals surface area contributed by atoms with Crippen LogP contribution in [0.3, 0.4) is 0 Å². The number of aliphatic hydroxyl groups excluding tert-OH is 1. The number of hydrogen-bond acceptors (Lipinski definition) is 5. The number of pyridine rings is 1. The first-order chi connectivity index (χ1) is 12.0. The number of aliphatic hydroxyl groups is 1. The third-order valence-corrected chi connectivity index (χ3v) is 3.87. The minimum Gasteiger partial charge on any atom is -0.394 e. The fourth-order valence-corrected chi connectivity index (χ4v) is 2.32. The Morgan fingerprint density at radius 1 is 1.40 bits per heavy atom. The van der Waals surface area contributed by atoms with Crippen molar-refractivity contribution in [2.75, 3.05) is 6.61 Å². The summed E-state index contributed by atoms with van der Waals surface area (Å²) in [5, 5.41) is 15.8. The van der Waals surface area contributed by atoms with E-state index in [-0.39, 0.29) is 18.6 Å². The predicted octanol–water partition coefficient (Wildman–Crippen LogP) is 3.00. The predicted molar refractivity (Wildman–Crippen MR) is 97.0 cm³/mol. The van der Waals surface area contributed by atoms with E-state index in [1.54, 1.807) is 19.1 Å². The van der Waals surface area contributed by atoms with Crippen molar-refractivity contribution in [3.63, 3.8) is 0 Å². The molecule has 6 nitrogen and oxygen atoms in total. The molecule has 0 unspecified atom stereocenters. The molecule has 0 aliphatic rings. The molecule has 25 heavy (non-hydrogen) atoms. The van der Waals surface area contributed by atoms with Gasteiger partial charge in [-0.2, -0.15) is 0 Å². The fraction of sp³-hybridized carbons (Fsp3) is 0.421. The average molecular weight is 343 g/mol. The van der Waals surface area contributed by atoms with Gasteiger partial charge in [-0.3, -0.25) is 9.78 Å². The molecule has 0 spiro atoms. The summed E-state index contributed by atoms with van der Waals surface area (Å²) in [7, 11) is 0. The number of hydrogen-bond donors (Lipinski definition) is 2. The number of carbonyl (C=O) groups is 1. The number of nitrogens with one attached hydrogen (secondary N) is 1. The van der Waals surface area contributed by atoms with Gasteiger partial charge in [0.25, 0.3) is 5.91 Å². The maximum Gasteiger partial charge on any atom is 0.253 e. The number of nitrogens with zero attached hydrogens (tertiary/aromatic N) is 2. The van der Waals surface area contributed by atoms with Gasteiger partial charge >= 0.3 is 0 Å². The van der Waals surface area contributed by atoms with Crippen LogP contribution in [0.4, 0.5) is 0 Å². The number of amides is 1. The van der Waals surface area contributed by atoms with Crippen LogP contribution >= 0.6 is 0 Å². The van der Waals surface area contributed by atoms with E-state index in [9.17, 15) is 4.79 Å². The monoisotopic (exact) mass is 343 g/mol. The van der Waals surface area contributed by atoms with Crippen LogP contribution in [0.15, 0.2) is 22.9 Å². The molecule has 2 aromatic rings. The highest BCUT2D eigenvalue weighted by molar-refractivity contribution is 5.94. The molecule has 134 valence electrons. The van der Waals surface area contributed by atoms with E-state index in [1.807, 2.05) is 19.1 Å². The van der Waals surface area contributed by atoms with Crippen molar-refractivity contribution in [3.8, 4) is 0 Å². The number of aryl methyl sites for hydroxylation is 2. The highest BCUT2D eigenvalue weighted by Crippen LogP contribution is 2.18. The van der Waals surface area contributed by atoms with Crippen LogP contribution in [0.25, 0.3) is 12.2 Å². The summed E-state index contributed by atoms with van der Waals surface area (Å²) in [5.74, 6) is 0.539. The van der Waals surface area contributed by atoms with Gasteiger partial charge in [-0.05, 0) is 51.0 Å². The zero-order chi connectivity index (χ0) is 18.2. The summed E-state index contributed by atoms with van der Waals surface area (Å²) in [6.45, 7) is 5.68. The van der Waals surface area contributed by atoms with Crippen molar-refractivity contribution in [2.24, 2.45) is 0 Å². The van der Waals surface area contributed by atoms with E-state index in [0.717, 1.165) is 42.0 Å². The molecule has 0 radical (unpaired) electrons. The van der Waals surface area contributed by atoms with E-state index in [0.29, 0.717) is 5.56 Å². The van der Waals surface area contributed by atoms with E-state index >= 15 is 0 Å². The summed E-state index contributed by atoms with van der Waals surface area (Å²) >= 11 is 0. The topological polar surface area (TPSA) is 88.2 Å². The molecular weight excluding hydrogens is 318 g/mol. The van der Waals surface area contributed by atoms with Gasteiger partial charge in [0.15, 0.2) is 0 Å². The van der Waals surface area contributed by atoms with Crippen molar-refractivity contribution in [2.45, 2.75) is 46.1 Å². The molecule has 0 fully saturated rings. The Labute approximate surface area is 148 Å². The van der Waals surface area contributed by atoms with Crippen molar-refractivity contribution in [1.82, 2.24) is 15.5 Å². The Morgan fingerprint density at radius 3 is 2.84 bits per heavy atom. The molecule has 0 aliphatic heterocycles. The van der Waals surface area contributed by atoms with E-state index in [2.05, 4.69) is 22.4 Å². The van der Waals surface area contributed by atoms with Gasteiger partial charge in [0.2, 0.25) is 0 Å². The molecule has 0 saturated carbocycles. The molecule has 0 saturated heterocycles. The van der Waals surface area contributed by atoms with Crippen LogP contribution in [0, 0.1) is 6.92 Å². The quantitative estimate of drug-likeness (QED) is 0.769. The maximum absolute atomic E-state index is 12.0. The molecule has 0 bridgehead atoms. The van der Waals surface area contributed by atoms with Crippen LogP contribution in [0.2, 0.25) is 0 Å². The number of aromatic nitrogens is 2. The van der Waals surface area contributed by atoms with Gasteiger partial charge in [-0.25, -0.2) is 0 Å². The fourth-order valence-electron chi connectivity index (χ4n) is 2.32. The first-order valence-corrected chi connectivity index (χ1v) is 8.56. The van der Waals surface area contributed by atoms with E-state index < -0.39 is 0 Å². The first-order valence-electron chi connectivity index (χ1n) is 8.56. The van der Waals surface area contributed by atoms with Gasteiger partial charge in [0.05, 0.1) is 23.6 Å². The maximum atomic E-state index is 12.0. The zero-order valence-corrected chi connectivity index (χ0v) is 15.0. The first kappa shape index (κ1) is 18.9. The smallest absolute Gasteiger partial charge is 0.253 e. The lowest BCUT2D eigenvalue weighted by atomic mass is 10.1. The van der Waals surface area contributed by atoms with Crippen molar-refractivity contribution >= 4 is 18.1 Å². The molecule has 1 amide bonds. The zero-order valence-electron chi connectivity index (χ0n) is 15.0. The number of carbonyl (C=O) groups excluding carboxylic acids is 1. The Balaban J connectivity index is 2.07. The molecule has 2 heterocycles. The van der Waals surface area contributed by atoms with Crippen molar-refractivity contribution < 1.29 is 14.4 Å². The summed E-state index contributed by atoms with van der Waals surface area (Å²) < 4.78 is 5.28. The standard InChI is InChI=1S/C19H25N3O3/c1-4-5-6-18-17(14(3)25-22-18)10-9-16-8-7-15(11-20-16)19(24)21-13(2)12-23/h7-11,13,23H,4-6,12H2,1-3H3,(H,21,24)/b10-9+/t13-/m1/s1. The van der Waals surface area contributed by atoms with E-state index in [4.69, 9.17) is 9.63 Å². The van der Waals surface area contributed by atoms with Crippen molar-refractivity contribution in [1.29, 1.82) is 0 Å². The van der Waals surface area contributed by atoms with E-state index in [1.165, 1.54) is 6.20 Å². The lowest BCUT2D eigenvalue weighted by molar-refractivity contribution is 0.0922. The molecule has 2 rings (SSSR count). The largest absolute Gasteiger partial charge is 0.394 e. The Bertz CT molecular complexity index is 720. The highest BCUT2D eigenvalue weighted by atomic mass is 16.5. The Kier molecular flexibility index (Phi) is 6.89. The van der Waals surface area contributed by atoms with Gasteiger partial charge in [0.1, 0.15) is 5.76 Å². The van der Waals surface area contributed by atoms with Crippen LogP contribution in [-0.2, 0) is 6.42 Å². The summed E-state index contributed by atoms with van der Waals surface area (Å²) in [4.78, 5) is 16.3. The molecule has 0 aliphatic carbocycles. The SMILES string of the molecule is CCCCc1noc(C)c1/C=C/c1ccc(C(=O)N[C@H](C)CO)cn1. The van der Waals surface area contributed by atoms with Gasteiger partial charge in [-0.15, -0.1) is 0 Å². The average Bonchev–Trinajstić information content (AvgIpc) is 2.98. The van der Waals surface area contributed by atoms with Crippen LogP contribution < -0.4 is 5.32 Å². The highest BCUT2D eigenvalue weighted by Gasteiger charge is 2.10. The lowest BCUT2D eigenvalue weighted by Crippen LogP contribution is -2.35. The van der Waals surface area contributed by atoms with Gasteiger partial charge < -0.3 is 14.9 Å². The lowest BCUT2D eigenvalue weighted by Gasteiger charge is -2.10. The second-order valence-corrected chi connectivity index (χ2v) is 6.06. The third-order valence-electron chi connectivity index (χ3n) is 3.87. The van der Waals surface area contributed by atoms with Gasteiger partial charge in [-0.1, -0.05) is 18.5 Å². The second-order valence-electron chi connectivity index (χ2n) is 6.06. The summed E-state index contributed by atoms with van der Waals surface area (Å²) in [6, 6.07) is 3.21. The molecule has 0 aromatic carbocycles. The normalized spacial score (nSPS) is 12.5. The minimum atomic E-state index is -0.287. The molecule has 6 heteroatoms. The third kappa shape index (κ3) is 5.26. The molecule has 2 aromatic heterocycles.